The molecule has 0 aliphatic rings. The molecular weight excluding hydrogens is 200 g/mol. The van der Waals surface area contributed by atoms with Crippen molar-refractivity contribution >= 4 is 16.9 Å². The van der Waals surface area contributed by atoms with E-state index in [2.05, 4.69) is 0 Å². The number of aliphatic hydroxyl groups excluding tert-OH is 1. The Labute approximate surface area is 87.5 Å². The number of rotatable bonds is 4. The molecule has 0 amide bonds. The van der Waals surface area contributed by atoms with Gasteiger partial charge >= 0.3 is 0 Å². The fourth-order valence-corrected chi connectivity index (χ4v) is 1.78. The molecule has 0 aromatic carbocycles. The zero-order chi connectivity index (χ0) is 10.6. The van der Waals surface area contributed by atoms with E-state index in [1.165, 1.54) is 18.0 Å². The maximum Gasteiger partial charge on any atom is 0.194 e. The highest BCUT2D eigenvalue weighted by Crippen LogP contribution is 2.26. The van der Waals surface area contributed by atoms with Gasteiger partial charge in [-0.1, -0.05) is 25.6 Å². The van der Waals surface area contributed by atoms with Crippen molar-refractivity contribution in [3.63, 3.8) is 0 Å². The standard InChI is InChI=1S/C10H14O3S/c1-3-14-10(12)7(2)9(11)8-5-4-6-13-8/h4-7,9,11H,3H2,1-2H3/t7-,9-/m1/s1. The highest BCUT2D eigenvalue weighted by atomic mass is 32.2. The Morgan fingerprint density at radius 2 is 2.43 bits per heavy atom. The zero-order valence-electron chi connectivity index (χ0n) is 8.27. The molecule has 1 aromatic rings. The van der Waals surface area contributed by atoms with Crippen molar-refractivity contribution in [2.24, 2.45) is 5.92 Å². The molecule has 0 spiro atoms. The summed E-state index contributed by atoms with van der Waals surface area (Å²) < 4.78 is 5.03. The van der Waals surface area contributed by atoms with E-state index >= 15 is 0 Å². The van der Waals surface area contributed by atoms with Crippen molar-refractivity contribution in [3.8, 4) is 0 Å². The summed E-state index contributed by atoms with van der Waals surface area (Å²) in [5, 5.41) is 9.74. The molecule has 0 saturated carbocycles. The van der Waals surface area contributed by atoms with Crippen LogP contribution in [0.5, 0.6) is 0 Å². The molecular formula is C10H14O3S. The van der Waals surface area contributed by atoms with E-state index < -0.39 is 12.0 Å². The maximum atomic E-state index is 11.4. The van der Waals surface area contributed by atoms with Gasteiger partial charge in [0.1, 0.15) is 11.9 Å². The molecule has 0 unspecified atom stereocenters. The van der Waals surface area contributed by atoms with E-state index in [9.17, 15) is 9.90 Å². The van der Waals surface area contributed by atoms with E-state index in [1.807, 2.05) is 6.92 Å². The predicted molar refractivity (Wildman–Crippen MR) is 56.0 cm³/mol. The Morgan fingerprint density at radius 3 is 2.93 bits per heavy atom. The zero-order valence-corrected chi connectivity index (χ0v) is 9.08. The third-order valence-corrected chi connectivity index (χ3v) is 2.91. The van der Waals surface area contributed by atoms with Crippen molar-refractivity contribution in [2.75, 3.05) is 5.75 Å². The second kappa shape index (κ2) is 5.22. The molecule has 1 heterocycles. The number of aliphatic hydroxyl groups is 1. The number of carbonyl (C=O) groups excluding carboxylic acids is 1. The van der Waals surface area contributed by atoms with Crippen LogP contribution < -0.4 is 0 Å². The minimum absolute atomic E-state index is 0.00333. The molecule has 1 N–H and O–H groups in total. The summed E-state index contributed by atoms with van der Waals surface area (Å²) in [7, 11) is 0. The first kappa shape index (κ1) is 11.3. The number of thioether (sulfide) groups is 1. The second-order valence-electron chi connectivity index (χ2n) is 3.00. The number of furan rings is 1. The van der Waals surface area contributed by atoms with Crippen LogP contribution in [0.3, 0.4) is 0 Å². The summed E-state index contributed by atoms with van der Waals surface area (Å²) in [6.07, 6.45) is 0.652. The Bertz CT molecular complexity index is 282. The van der Waals surface area contributed by atoms with E-state index in [0.29, 0.717) is 5.76 Å². The minimum atomic E-state index is -0.837. The summed E-state index contributed by atoms with van der Waals surface area (Å²) >= 11 is 1.22. The van der Waals surface area contributed by atoms with E-state index in [0.717, 1.165) is 5.75 Å². The molecule has 2 atom stereocenters. The van der Waals surface area contributed by atoms with Gasteiger partial charge in [0, 0.05) is 0 Å². The Morgan fingerprint density at radius 1 is 1.71 bits per heavy atom. The average molecular weight is 214 g/mol. The Kier molecular flexibility index (Phi) is 4.22. The van der Waals surface area contributed by atoms with Crippen LogP contribution >= 0.6 is 11.8 Å². The summed E-state index contributed by atoms with van der Waals surface area (Å²) in [4.78, 5) is 11.4. The van der Waals surface area contributed by atoms with Gasteiger partial charge in [-0.25, -0.2) is 0 Å². The molecule has 78 valence electrons. The smallest absolute Gasteiger partial charge is 0.194 e. The lowest BCUT2D eigenvalue weighted by molar-refractivity contribution is -0.117. The van der Waals surface area contributed by atoms with Gasteiger partial charge in [-0.2, -0.15) is 0 Å². The van der Waals surface area contributed by atoms with Gasteiger partial charge in [-0.05, 0) is 17.9 Å². The molecule has 0 aliphatic carbocycles. The van der Waals surface area contributed by atoms with Crippen LogP contribution in [0.1, 0.15) is 25.7 Å². The largest absolute Gasteiger partial charge is 0.467 e. The van der Waals surface area contributed by atoms with Gasteiger partial charge in [-0.15, -0.1) is 0 Å². The number of carbonyl (C=O) groups is 1. The second-order valence-corrected chi connectivity index (χ2v) is 4.27. The fourth-order valence-electron chi connectivity index (χ4n) is 1.11. The molecule has 0 radical (unpaired) electrons. The third kappa shape index (κ3) is 2.62. The van der Waals surface area contributed by atoms with Gasteiger partial charge in [0.15, 0.2) is 5.12 Å². The number of hydrogen-bond donors (Lipinski definition) is 1. The highest BCUT2D eigenvalue weighted by Gasteiger charge is 2.25. The number of hydrogen-bond acceptors (Lipinski definition) is 4. The third-order valence-electron chi connectivity index (χ3n) is 1.97. The van der Waals surface area contributed by atoms with Gasteiger partial charge in [0.05, 0.1) is 12.2 Å². The topological polar surface area (TPSA) is 50.4 Å². The quantitative estimate of drug-likeness (QED) is 0.835. The van der Waals surface area contributed by atoms with E-state index in [-0.39, 0.29) is 5.12 Å². The van der Waals surface area contributed by atoms with Crippen molar-refractivity contribution in [1.82, 2.24) is 0 Å². The lowest BCUT2D eigenvalue weighted by Crippen LogP contribution is -2.16. The average Bonchev–Trinajstić information content (AvgIpc) is 2.68. The molecule has 0 bridgehead atoms. The molecule has 0 saturated heterocycles. The van der Waals surface area contributed by atoms with Crippen molar-refractivity contribution in [1.29, 1.82) is 0 Å². The fraction of sp³-hybridized carbons (Fsp3) is 0.500. The van der Waals surface area contributed by atoms with E-state index in [1.54, 1.807) is 19.1 Å². The summed E-state index contributed by atoms with van der Waals surface area (Å²) in [6, 6.07) is 3.37. The predicted octanol–water partition coefficient (Wildman–Crippen LogP) is 2.23. The van der Waals surface area contributed by atoms with Gasteiger partial charge in [0.25, 0.3) is 0 Å². The van der Waals surface area contributed by atoms with Crippen LogP contribution in [-0.2, 0) is 4.79 Å². The molecule has 0 aliphatic heterocycles. The Hall–Kier alpha value is -0.740. The normalized spacial score (nSPS) is 15.1. The first-order chi connectivity index (χ1) is 6.66. The monoisotopic (exact) mass is 214 g/mol. The SMILES string of the molecule is CCSC(=O)[C@H](C)[C@@H](O)c1ccco1. The molecule has 4 heteroatoms. The minimum Gasteiger partial charge on any atom is -0.467 e. The van der Waals surface area contributed by atoms with Crippen LogP contribution in [0.2, 0.25) is 0 Å². The van der Waals surface area contributed by atoms with Crippen LogP contribution in [-0.4, -0.2) is 16.0 Å². The van der Waals surface area contributed by atoms with Crippen LogP contribution in [0.4, 0.5) is 0 Å². The van der Waals surface area contributed by atoms with Crippen molar-refractivity contribution < 1.29 is 14.3 Å². The highest BCUT2D eigenvalue weighted by molar-refractivity contribution is 8.13. The first-order valence-corrected chi connectivity index (χ1v) is 5.53. The van der Waals surface area contributed by atoms with Gasteiger partial charge in [0.2, 0.25) is 0 Å². The van der Waals surface area contributed by atoms with E-state index in [4.69, 9.17) is 4.42 Å². The molecule has 1 rings (SSSR count). The first-order valence-electron chi connectivity index (χ1n) is 4.55. The lowest BCUT2D eigenvalue weighted by Gasteiger charge is -2.14. The summed E-state index contributed by atoms with van der Waals surface area (Å²) in [5.41, 5.74) is 0. The molecule has 3 nitrogen and oxygen atoms in total. The van der Waals surface area contributed by atoms with Gasteiger partial charge in [-0.3, -0.25) is 4.79 Å². The molecule has 1 aromatic heterocycles. The Balaban J connectivity index is 2.61. The summed E-state index contributed by atoms with van der Waals surface area (Å²) in [5.74, 6) is 0.752. The molecule has 14 heavy (non-hydrogen) atoms. The van der Waals surface area contributed by atoms with Crippen LogP contribution in [0, 0.1) is 5.92 Å². The van der Waals surface area contributed by atoms with Crippen LogP contribution in [0.15, 0.2) is 22.8 Å². The van der Waals surface area contributed by atoms with Crippen LogP contribution in [0.25, 0.3) is 0 Å². The lowest BCUT2D eigenvalue weighted by atomic mass is 10.0. The summed E-state index contributed by atoms with van der Waals surface area (Å²) in [6.45, 7) is 3.62. The maximum absolute atomic E-state index is 11.4. The van der Waals surface area contributed by atoms with Crippen molar-refractivity contribution in [2.45, 2.75) is 20.0 Å². The van der Waals surface area contributed by atoms with Gasteiger partial charge < -0.3 is 9.52 Å². The molecule has 0 fully saturated rings. The van der Waals surface area contributed by atoms with Crippen molar-refractivity contribution in [3.05, 3.63) is 24.2 Å².